The summed E-state index contributed by atoms with van der Waals surface area (Å²) in [4.78, 5) is 28.4. The molecular formula is C29H34FN3O4S. The molecule has 38 heavy (non-hydrogen) atoms. The van der Waals surface area contributed by atoms with E-state index in [1.165, 1.54) is 35.2 Å². The van der Waals surface area contributed by atoms with Crippen molar-refractivity contribution in [2.75, 3.05) is 10.8 Å². The summed E-state index contributed by atoms with van der Waals surface area (Å²) in [6.07, 6.45) is 1.02. The average molecular weight is 540 g/mol. The number of hydrogen-bond acceptors (Lipinski definition) is 4. The zero-order valence-electron chi connectivity index (χ0n) is 21.9. The molecule has 0 radical (unpaired) electrons. The van der Waals surface area contributed by atoms with E-state index >= 15 is 0 Å². The van der Waals surface area contributed by atoms with E-state index in [1.807, 2.05) is 44.2 Å². The molecule has 0 aliphatic rings. The van der Waals surface area contributed by atoms with Crippen LogP contribution in [0, 0.1) is 5.82 Å². The maximum Gasteiger partial charge on any atom is 0.264 e. The Balaban J connectivity index is 2.04. The molecule has 0 fully saturated rings. The fourth-order valence-corrected chi connectivity index (χ4v) is 5.47. The average Bonchev–Trinajstić information content (AvgIpc) is 2.92. The van der Waals surface area contributed by atoms with Crippen LogP contribution in [0.3, 0.4) is 0 Å². The Labute approximate surface area is 224 Å². The van der Waals surface area contributed by atoms with Crippen LogP contribution in [0.5, 0.6) is 0 Å². The van der Waals surface area contributed by atoms with Crippen LogP contribution in [-0.2, 0) is 26.2 Å². The number of anilines is 1. The summed E-state index contributed by atoms with van der Waals surface area (Å²) in [5.41, 5.74) is 0.528. The van der Waals surface area contributed by atoms with Crippen molar-refractivity contribution in [3.05, 3.63) is 96.3 Å². The zero-order chi connectivity index (χ0) is 27.7. The van der Waals surface area contributed by atoms with E-state index < -0.39 is 34.3 Å². The number of hydrogen-bond donors (Lipinski definition) is 1. The second-order valence-electron chi connectivity index (χ2n) is 9.03. The number of para-hydroxylation sites is 1. The molecule has 9 heteroatoms. The number of carbonyl (C=O) groups excluding carboxylic acids is 2. The van der Waals surface area contributed by atoms with Gasteiger partial charge >= 0.3 is 0 Å². The minimum atomic E-state index is -4.31. The third kappa shape index (κ3) is 6.98. The monoisotopic (exact) mass is 539 g/mol. The van der Waals surface area contributed by atoms with Crippen molar-refractivity contribution in [2.24, 2.45) is 0 Å². The van der Waals surface area contributed by atoms with E-state index in [0.717, 1.165) is 15.9 Å². The molecule has 0 saturated heterocycles. The van der Waals surface area contributed by atoms with E-state index in [-0.39, 0.29) is 29.1 Å². The van der Waals surface area contributed by atoms with Crippen LogP contribution in [0.25, 0.3) is 0 Å². The summed E-state index contributed by atoms with van der Waals surface area (Å²) >= 11 is 0. The second kappa shape index (κ2) is 13.2. The van der Waals surface area contributed by atoms with Crippen molar-refractivity contribution in [1.29, 1.82) is 0 Å². The van der Waals surface area contributed by atoms with E-state index in [0.29, 0.717) is 12.8 Å². The maximum absolute atomic E-state index is 14.9. The van der Waals surface area contributed by atoms with Gasteiger partial charge in [0.05, 0.1) is 10.6 Å². The minimum absolute atomic E-state index is 0.0767. The number of amides is 2. The van der Waals surface area contributed by atoms with Gasteiger partial charge in [-0.05, 0) is 49.6 Å². The molecule has 0 aromatic heterocycles. The van der Waals surface area contributed by atoms with Crippen molar-refractivity contribution >= 4 is 27.5 Å². The smallest absolute Gasteiger partial charge is 0.264 e. The van der Waals surface area contributed by atoms with Gasteiger partial charge in [0.15, 0.2) is 0 Å². The lowest BCUT2D eigenvalue weighted by Gasteiger charge is -2.33. The van der Waals surface area contributed by atoms with Gasteiger partial charge in [0, 0.05) is 12.6 Å². The summed E-state index contributed by atoms with van der Waals surface area (Å²) in [7, 11) is -4.31. The third-order valence-corrected chi connectivity index (χ3v) is 8.09. The number of nitrogens with zero attached hydrogens (tertiary/aromatic N) is 2. The molecule has 0 saturated carbocycles. The Morgan fingerprint density at radius 2 is 1.45 bits per heavy atom. The molecule has 3 rings (SSSR count). The van der Waals surface area contributed by atoms with Gasteiger partial charge in [0.2, 0.25) is 11.8 Å². The first kappa shape index (κ1) is 28.8. The Bertz CT molecular complexity index is 1320. The number of sulfonamides is 1. The van der Waals surface area contributed by atoms with Gasteiger partial charge in [0.1, 0.15) is 18.4 Å². The van der Waals surface area contributed by atoms with Gasteiger partial charge in [0.25, 0.3) is 10.0 Å². The molecule has 3 aromatic carbocycles. The van der Waals surface area contributed by atoms with Crippen LogP contribution in [0.4, 0.5) is 10.1 Å². The van der Waals surface area contributed by atoms with Crippen molar-refractivity contribution in [2.45, 2.75) is 57.1 Å². The zero-order valence-corrected chi connectivity index (χ0v) is 22.7. The lowest BCUT2D eigenvalue weighted by atomic mass is 10.1. The largest absolute Gasteiger partial charge is 0.352 e. The number of halogens is 1. The van der Waals surface area contributed by atoms with Crippen LogP contribution >= 0.6 is 0 Å². The second-order valence-corrected chi connectivity index (χ2v) is 10.9. The standard InChI is InChI=1S/C29H34FN3O4S/c1-4-22(3)31-29(35)26(5-2)32(20-23-14-8-6-9-15-23)28(34)21-33(27-19-13-12-18-25(27)30)38(36,37)24-16-10-7-11-17-24/h6-19,22,26H,4-5,20-21H2,1-3H3,(H,31,35)/t22-,26+/m0/s1. The molecule has 2 atom stereocenters. The molecule has 7 nitrogen and oxygen atoms in total. The lowest BCUT2D eigenvalue weighted by Crippen LogP contribution is -2.53. The highest BCUT2D eigenvalue weighted by Crippen LogP contribution is 2.27. The van der Waals surface area contributed by atoms with Gasteiger partial charge in [-0.25, -0.2) is 12.8 Å². The van der Waals surface area contributed by atoms with Gasteiger partial charge in [-0.1, -0.05) is 74.5 Å². The summed E-state index contributed by atoms with van der Waals surface area (Å²) in [6, 6.07) is 21.2. The Hall–Kier alpha value is -3.72. The van der Waals surface area contributed by atoms with Gasteiger partial charge in [-0.2, -0.15) is 0 Å². The Kier molecular flexibility index (Phi) is 10.0. The summed E-state index contributed by atoms with van der Waals surface area (Å²) < 4.78 is 43.0. The van der Waals surface area contributed by atoms with Crippen LogP contribution in [-0.4, -0.2) is 43.8 Å². The van der Waals surface area contributed by atoms with Crippen LogP contribution in [0.15, 0.2) is 89.8 Å². The van der Waals surface area contributed by atoms with Gasteiger partial charge < -0.3 is 10.2 Å². The molecule has 0 bridgehead atoms. The van der Waals surface area contributed by atoms with E-state index in [4.69, 9.17) is 0 Å². The van der Waals surface area contributed by atoms with Crippen molar-refractivity contribution in [1.82, 2.24) is 10.2 Å². The first-order valence-electron chi connectivity index (χ1n) is 12.6. The molecule has 0 spiro atoms. The number of carbonyl (C=O) groups is 2. The first-order chi connectivity index (χ1) is 18.2. The Morgan fingerprint density at radius 1 is 0.868 bits per heavy atom. The van der Waals surface area contributed by atoms with E-state index in [1.54, 1.807) is 25.1 Å². The molecule has 0 aliphatic carbocycles. The molecule has 0 unspecified atom stereocenters. The van der Waals surface area contributed by atoms with Gasteiger partial charge in [-0.3, -0.25) is 13.9 Å². The van der Waals surface area contributed by atoms with Crippen LogP contribution < -0.4 is 9.62 Å². The summed E-state index contributed by atoms with van der Waals surface area (Å²) in [5.74, 6) is -1.73. The van der Waals surface area contributed by atoms with Gasteiger partial charge in [-0.15, -0.1) is 0 Å². The number of rotatable bonds is 12. The predicted molar refractivity (Wildman–Crippen MR) is 146 cm³/mol. The third-order valence-electron chi connectivity index (χ3n) is 6.31. The Morgan fingerprint density at radius 3 is 2.03 bits per heavy atom. The molecule has 3 aromatic rings. The topological polar surface area (TPSA) is 86.8 Å². The van der Waals surface area contributed by atoms with Crippen LogP contribution in [0.2, 0.25) is 0 Å². The summed E-state index contributed by atoms with van der Waals surface area (Å²) in [6.45, 7) is 5.02. The van der Waals surface area contributed by atoms with Crippen molar-refractivity contribution in [3.63, 3.8) is 0 Å². The molecular weight excluding hydrogens is 505 g/mol. The minimum Gasteiger partial charge on any atom is -0.352 e. The van der Waals surface area contributed by atoms with E-state index in [2.05, 4.69) is 5.32 Å². The fraction of sp³-hybridized carbons (Fsp3) is 0.310. The molecule has 2 amide bonds. The highest BCUT2D eigenvalue weighted by atomic mass is 32.2. The number of benzene rings is 3. The molecule has 202 valence electrons. The highest BCUT2D eigenvalue weighted by Gasteiger charge is 2.34. The van der Waals surface area contributed by atoms with Crippen molar-refractivity contribution in [3.8, 4) is 0 Å². The predicted octanol–water partition coefficient (Wildman–Crippen LogP) is 4.74. The molecule has 0 heterocycles. The van der Waals surface area contributed by atoms with E-state index in [9.17, 15) is 22.4 Å². The number of nitrogens with one attached hydrogen (secondary N) is 1. The van der Waals surface area contributed by atoms with Crippen LogP contribution in [0.1, 0.15) is 39.2 Å². The highest BCUT2D eigenvalue weighted by molar-refractivity contribution is 7.92. The lowest BCUT2D eigenvalue weighted by molar-refractivity contribution is -0.140. The maximum atomic E-state index is 14.9. The molecule has 1 N–H and O–H groups in total. The quantitative estimate of drug-likeness (QED) is 0.360. The molecule has 0 aliphatic heterocycles. The normalized spacial score (nSPS) is 12.8. The fourth-order valence-electron chi connectivity index (χ4n) is 4.03. The first-order valence-corrected chi connectivity index (χ1v) is 14.1. The SMILES string of the molecule is CC[C@H](C(=O)N[C@@H](C)CC)N(Cc1ccccc1)C(=O)CN(c1ccccc1F)S(=O)(=O)c1ccccc1. The summed E-state index contributed by atoms with van der Waals surface area (Å²) in [5, 5.41) is 2.93. The van der Waals surface area contributed by atoms with Crippen molar-refractivity contribution < 1.29 is 22.4 Å².